The summed E-state index contributed by atoms with van der Waals surface area (Å²) in [6.07, 6.45) is 3.68. The molecule has 0 aliphatic carbocycles. The van der Waals surface area contributed by atoms with Gasteiger partial charge in [0.2, 0.25) is 15.9 Å². The molecule has 0 saturated carbocycles. The zero-order valence-electron chi connectivity index (χ0n) is 10.9. The van der Waals surface area contributed by atoms with Crippen molar-refractivity contribution in [2.75, 3.05) is 17.7 Å². The van der Waals surface area contributed by atoms with Crippen LogP contribution in [0, 0.1) is 0 Å². The predicted octanol–water partition coefficient (Wildman–Crippen LogP) is 1.25. The summed E-state index contributed by atoms with van der Waals surface area (Å²) in [5.41, 5.74) is 1.69. The molecule has 1 heterocycles. The van der Waals surface area contributed by atoms with E-state index in [0.717, 1.165) is 36.9 Å². The Labute approximate surface area is 113 Å². The minimum atomic E-state index is -3.20. The highest BCUT2D eigenvalue weighted by Gasteiger charge is 2.19. The molecule has 1 aliphatic heterocycles. The van der Waals surface area contributed by atoms with Crippen LogP contribution in [0.1, 0.15) is 24.8 Å². The van der Waals surface area contributed by atoms with Gasteiger partial charge in [0.05, 0.1) is 6.26 Å². The molecule has 1 aromatic carbocycles. The number of piperidine rings is 1. The number of amides is 1. The fourth-order valence-corrected chi connectivity index (χ4v) is 2.56. The number of nitrogens with zero attached hydrogens (tertiary/aromatic N) is 1. The molecule has 0 spiro atoms. The fourth-order valence-electron chi connectivity index (χ4n) is 2.13. The Kier molecular flexibility index (Phi) is 4.21. The van der Waals surface area contributed by atoms with Crippen LogP contribution in [0.25, 0.3) is 0 Å². The summed E-state index contributed by atoms with van der Waals surface area (Å²) in [7, 11) is -3.20. The van der Waals surface area contributed by atoms with E-state index < -0.39 is 10.0 Å². The van der Waals surface area contributed by atoms with Gasteiger partial charge in [-0.2, -0.15) is 0 Å². The zero-order chi connectivity index (χ0) is 13.9. The van der Waals surface area contributed by atoms with E-state index in [1.165, 1.54) is 0 Å². The Balaban J connectivity index is 2.12. The molecule has 104 valence electrons. The van der Waals surface area contributed by atoms with Gasteiger partial charge < -0.3 is 4.90 Å². The number of benzene rings is 1. The Bertz CT molecular complexity index is 569. The highest BCUT2D eigenvalue weighted by atomic mass is 32.2. The van der Waals surface area contributed by atoms with Crippen LogP contribution >= 0.6 is 0 Å². The van der Waals surface area contributed by atoms with Crippen molar-refractivity contribution in [1.29, 1.82) is 0 Å². The second-order valence-corrected chi connectivity index (χ2v) is 6.60. The number of carbonyl (C=O) groups excluding carboxylic acids is 1. The Hall–Kier alpha value is -1.40. The van der Waals surface area contributed by atoms with Gasteiger partial charge in [-0.25, -0.2) is 13.1 Å². The third-order valence-electron chi connectivity index (χ3n) is 3.08. The molecule has 1 aromatic rings. The van der Waals surface area contributed by atoms with Crippen molar-refractivity contribution in [2.45, 2.75) is 25.8 Å². The maximum atomic E-state index is 11.8. The number of rotatable bonds is 4. The molecule has 1 aliphatic rings. The van der Waals surface area contributed by atoms with Gasteiger partial charge in [0.1, 0.15) is 0 Å². The van der Waals surface area contributed by atoms with E-state index in [4.69, 9.17) is 0 Å². The van der Waals surface area contributed by atoms with Crippen LogP contribution in [0.5, 0.6) is 0 Å². The number of hydrogen-bond acceptors (Lipinski definition) is 3. The van der Waals surface area contributed by atoms with Crippen LogP contribution in [-0.4, -0.2) is 27.1 Å². The van der Waals surface area contributed by atoms with Crippen molar-refractivity contribution < 1.29 is 13.2 Å². The molecule has 2 rings (SSSR count). The standard InChI is InChI=1S/C13H18N2O3S/c1-19(17,18)14-10-11-5-4-6-12(9-11)15-8-3-2-7-13(15)16/h4-6,9,14H,2-3,7-8,10H2,1H3. The summed E-state index contributed by atoms with van der Waals surface area (Å²) < 4.78 is 24.6. The number of sulfonamides is 1. The van der Waals surface area contributed by atoms with E-state index in [2.05, 4.69) is 4.72 Å². The first-order valence-corrected chi connectivity index (χ1v) is 8.19. The van der Waals surface area contributed by atoms with Gasteiger partial charge in [-0.1, -0.05) is 12.1 Å². The third kappa shape index (κ3) is 4.04. The van der Waals surface area contributed by atoms with Gasteiger partial charge in [-0.3, -0.25) is 4.79 Å². The molecule has 5 nitrogen and oxygen atoms in total. The molecular formula is C13H18N2O3S. The normalized spacial score (nSPS) is 16.7. The highest BCUT2D eigenvalue weighted by Crippen LogP contribution is 2.21. The highest BCUT2D eigenvalue weighted by molar-refractivity contribution is 7.88. The van der Waals surface area contributed by atoms with Gasteiger partial charge in [-0.05, 0) is 30.5 Å². The fraction of sp³-hybridized carbons (Fsp3) is 0.462. The quantitative estimate of drug-likeness (QED) is 0.904. The molecule has 1 amide bonds. The van der Waals surface area contributed by atoms with Crippen LogP contribution in [0.15, 0.2) is 24.3 Å². The molecule has 1 saturated heterocycles. The van der Waals surface area contributed by atoms with Gasteiger partial charge in [0.25, 0.3) is 0 Å². The molecule has 0 unspecified atom stereocenters. The van der Waals surface area contributed by atoms with E-state index in [1.807, 2.05) is 24.3 Å². The lowest BCUT2D eigenvalue weighted by Crippen LogP contribution is -2.35. The first kappa shape index (κ1) is 14.0. The maximum Gasteiger partial charge on any atom is 0.226 e. The van der Waals surface area contributed by atoms with Gasteiger partial charge >= 0.3 is 0 Å². The van der Waals surface area contributed by atoms with Gasteiger partial charge in [0.15, 0.2) is 0 Å². The van der Waals surface area contributed by atoms with Crippen LogP contribution in [0.3, 0.4) is 0 Å². The van der Waals surface area contributed by atoms with Gasteiger partial charge in [0, 0.05) is 25.2 Å². The number of anilines is 1. The Morgan fingerprint density at radius 3 is 2.79 bits per heavy atom. The summed E-state index contributed by atoms with van der Waals surface area (Å²) in [6, 6.07) is 7.43. The molecule has 19 heavy (non-hydrogen) atoms. The first-order valence-electron chi connectivity index (χ1n) is 6.30. The summed E-state index contributed by atoms with van der Waals surface area (Å²) in [5, 5.41) is 0. The topological polar surface area (TPSA) is 66.5 Å². The van der Waals surface area contributed by atoms with E-state index in [0.29, 0.717) is 6.42 Å². The van der Waals surface area contributed by atoms with Crippen molar-refractivity contribution in [2.24, 2.45) is 0 Å². The summed E-state index contributed by atoms with van der Waals surface area (Å²) in [5.74, 6) is 0.138. The largest absolute Gasteiger partial charge is 0.312 e. The van der Waals surface area contributed by atoms with E-state index in [1.54, 1.807) is 4.90 Å². The average molecular weight is 282 g/mol. The molecule has 6 heteroatoms. The van der Waals surface area contributed by atoms with Crippen molar-refractivity contribution in [3.63, 3.8) is 0 Å². The molecular weight excluding hydrogens is 264 g/mol. The van der Waals surface area contributed by atoms with Gasteiger partial charge in [-0.15, -0.1) is 0 Å². The van der Waals surface area contributed by atoms with E-state index in [9.17, 15) is 13.2 Å². The maximum absolute atomic E-state index is 11.8. The summed E-state index contributed by atoms with van der Waals surface area (Å²) in [6.45, 7) is 0.983. The zero-order valence-corrected chi connectivity index (χ0v) is 11.7. The lowest BCUT2D eigenvalue weighted by Gasteiger charge is -2.27. The molecule has 0 bridgehead atoms. The Morgan fingerprint density at radius 2 is 2.11 bits per heavy atom. The first-order chi connectivity index (χ1) is 8.96. The van der Waals surface area contributed by atoms with Crippen LogP contribution < -0.4 is 9.62 Å². The number of carbonyl (C=O) groups is 1. The number of nitrogens with one attached hydrogen (secondary N) is 1. The summed E-state index contributed by atoms with van der Waals surface area (Å²) >= 11 is 0. The minimum absolute atomic E-state index is 0.138. The third-order valence-corrected chi connectivity index (χ3v) is 3.75. The minimum Gasteiger partial charge on any atom is -0.312 e. The summed E-state index contributed by atoms with van der Waals surface area (Å²) in [4.78, 5) is 13.6. The monoisotopic (exact) mass is 282 g/mol. The van der Waals surface area contributed by atoms with Crippen molar-refractivity contribution in [3.8, 4) is 0 Å². The smallest absolute Gasteiger partial charge is 0.226 e. The molecule has 0 aromatic heterocycles. The van der Waals surface area contributed by atoms with Crippen LogP contribution in [-0.2, 0) is 21.4 Å². The molecule has 0 radical (unpaired) electrons. The van der Waals surface area contributed by atoms with E-state index in [-0.39, 0.29) is 12.5 Å². The van der Waals surface area contributed by atoms with E-state index >= 15 is 0 Å². The number of hydrogen-bond donors (Lipinski definition) is 1. The van der Waals surface area contributed by atoms with Crippen LogP contribution in [0.2, 0.25) is 0 Å². The van der Waals surface area contributed by atoms with Crippen molar-refractivity contribution >= 4 is 21.6 Å². The van der Waals surface area contributed by atoms with Crippen molar-refractivity contribution in [3.05, 3.63) is 29.8 Å². The average Bonchev–Trinajstić information content (AvgIpc) is 2.36. The molecule has 1 fully saturated rings. The SMILES string of the molecule is CS(=O)(=O)NCc1cccc(N2CCCCC2=O)c1. The Morgan fingerprint density at radius 1 is 1.32 bits per heavy atom. The van der Waals surface area contributed by atoms with Crippen molar-refractivity contribution in [1.82, 2.24) is 4.72 Å². The molecule has 0 atom stereocenters. The lowest BCUT2D eigenvalue weighted by molar-refractivity contribution is -0.119. The molecule has 1 N–H and O–H groups in total. The second-order valence-electron chi connectivity index (χ2n) is 4.77. The van der Waals surface area contributed by atoms with Crippen LogP contribution in [0.4, 0.5) is 5.69 Å². The predicted molar refractivity (Wildman–Crippen MR) is 74.3 cm³/mol. The lowest BCUT2D eigenvalue weighted by atomic mass is 10.1. The second kappa shape index (κ2) is 5.71.